The Kier molecular flexibility index (Phi) is 10.7. The normalized spacial score (nSPS) is 12.5. The first-order valence-electron chi connectivity index (χ1n) is 12.4. The summed E-state index contributed by atoms with van der Waals surface area (Å²) in [6.45, 7) is 0.923. The molecule has 3 aromatic rings. The van der Waals surface area contributed by atoms with E-state index in [2.05, 4.69) is 5.32 Å². The molecule has 7 nitrogen and oxygen atoms in total. The molecule has 0 spiro atoms. The van der Waals surface area contributed by atoms with Crippen LogP contribution in [0.15, 0.2) is 72.8 Å². The summed E-state index contributed by atoms with van der Waals surface area (Å²) in [6, 6.07) is 17.0. The third-order valence-corrected chi connectivity index (χ3v) is 7.98. The van der Waals surface area contributed by atoms with Crippen molar-refractivity contribution in [3.05, 3.63) is 99.5 Å². The molecule has 0 fully saturated rings. The second-order valence-corrected chi connectivity index (χ2v) is 11.9. The van der Waals surface area contributed by atoms with E-state index in [1.54, 1.807) is 61.5 Å². The van der Waals surface area contributed by atoms with Gasteiger partial charge in [-0.1, -0.05) is 71.7 Å². The zero-order chi connectivity index (χ0) is 30.4. The SMILES string of the molecule is CCNC(=O)[C@H](Cc1ccccc1)N(Cc1ccccc1Cl)C(=O)CN(c1ccc(Cl)c(C(F)(F)F)c1)S(C)(=O)=O. The largest absolute Gasteiger partial charge is 0.417 e. The van der Waals surface area contributed by atoms with Gasteiger partial charge in [0.2, 0.25) is 21.8 Å². The van der Waals surface area contributed by atoms with Gasteiger partial charge in [0.1, 0.15) is 12.6 Å². The predicted molar refractivity (Wildman–Crippen MR) is 153 cm³/mol. The average Bonchev–Trinajstić information content (AvgIpc) is 2.90. The van der Waals surface area contributed by atoms with Gasteiger partial charge in [0.05, 0.1) is 22.5 Å². The number of halogens is 5. The number of amides is 2. The molecule has 0 aliphatic carbocycles. The van der Waals surface area contributed by atoms with E-state index in [1.807, 2.05) is 0 Å². The van der Waals surface area contributed by atoms with Crippen LogP contribution in [-0.2, 0) is 38.8 Å². The number of benzene rings is 3. The number of hydrogen-bond donors (Lipinski definition) is 1. The number of likely N-dealkylation sites (N-methyl/N-ethyl adjacent to an activating group) is 1. The minimum absolute atomic E-state index is 0.0842. The van der Waals surface area contributed by atoms with Gasteiger partial charge < -0.3 is 10.2 Å². The summed E-state index contributed by atoms with van der Waals surface area (Å²) in [7, 11) is -4.27. The first kappa shape index (κ1) is 32.2. The Morgan fingerprint density at radius 1 is 0.951 bits per heavy atom. The van der Waals surface area contributed by atoms with Crippen LogP contribution in [0.2, 0.25) is 10.0 Å². The molecule has 0 aliphatic heterocycles. The summed E-state index contributed by atoms with van der Waals surface area (Å²) in [6.07, 6.45) is -4.01. The van der Waals surface area contributed by atoms with Gasteiger partial charge in [-0.25, -0.2) is 8.42 Å². The van der Waals surface area contributed by atoms with Crippen molar-refractivity contribution in [2.45, 2.75) is 32.1 Å². The van der Waals surface area contributed by atoms with Crippen LogP contribution in [-0.4, -0.2) is 50.5 Å². The molecule has 0 unspecified atom stereocenters. The number of hydrogen-bond acceptors (Lipinski definition) is 4. The lowest BCUT2D eigenvalue weighted by atomic mass is 10.0. The third-order valence-electron chi connectivity index (χ3n) is 6.14. The molecule has 3 aromatic carbocycles. The Morgan fingerprint density at radius 2 is 1.59 bits per heavy atom. The highest BCUT2D eigenvalue weighted by atomic mass is 35.5. The van der Waals surface area contributed by atoms with Gasteiger partial charge in [-0.05, 0) is 42.3 Å². The highest BCUT2D eigenvalue weighted by Gasteiger charge is 2.36. The fourth-order valence-corrected chi connectivity index (χ4v) is 5.42. The van der Waals surface area contributed by atoms with Gasteiger partial charge >= 0.3 is 6.18 Å². The molecule has 0 aromatic heterocycles. The maximum atomic E-state index is 13.9. The first-order chi connectivity index (χ1) is 19.2. The number of nitrogens with zero attached hydrogens (tertiary/aromatic N) is 2. The highest BCUT2D eigenvalue weighted by molar-refractivity contribution is 7.92. The van der Waals surface area contributed by atoms with Crippen LogP contribution in [0.1, 0.15) is 23.6 Å². The molecule has 2 amide bonds. The second kappa shape index (κ2) is 13.6. The predicted octanol–water partition coefficient (Wildman–Crippen LogP) is 5.55. The van der Waals surface area contributed by atoms with Crippen molar-refractivity contribution in [2.24, 2.45) is 0 Å². The number of carbonyl (C=O) groups is 2. The van der Waals surface area contributed by atoms with E-state index in [4.69, 9.17) is 23.2 Å². The van der Waals surface area contributed by atoms with Crippen molar-refractivity contribution < 1.29 is 31.2 Å². The Labute approximate surface area is 246 Å². The Balaban J connectivity index is 2.09. The van der Waals surface area contributed by atoms with E-state index in [0.717, 1.165) is 24.0 Å². The minimum atomic E-state index is -4.87. The van der Waals surface area contributed by atoms with Crippen molar-refractivity contribution in [3.63, 3.8) is 0 Å². The number of anilines is 1. The zero-order valence-electron chi connectivity index (χ0n) is 22.2. The monoisotopic (exact) mass is 629 g/mol. The van der Waals surface area contributed by atoms with Crippen LogP contribution < -0.4 is 9.62 Å². The van der Waals surface area contributed by atoms with Crippen molar-refractivity contribution >= 4 is 50.7 Å². The lowest BCUT2D eigenvalue weighted by molar-refractivity contribution is -0.140. The quantitative estimate of drug-likeness (QED) is 0.301. The van der Waals surface area contributed by atoms with Crippen LogP contribution in [0, 0.1) is 0 Å². The van der Waals surface area contributed by atoms with E-state index < -0.39 is 56.9 Å². The topological polar surface area (TPSA) is 86.8 Å². The number of sulfonamides is 1. The molecule has 41 heavy (non-hydrogen) atoms. The van der Waals surface area contributed by atoms with Crippen LogP contribution in [0.25, 0.3) is 0 Å². The lowest BCUT2D eigenvalue weighted by Gasteiger charge is -2.33. The molecular weight excluding hydrogens is 602 g/mol. The first-order valence-corrected chi connectivity index (χ1v) is 15.0. The fraction of sp³-hybridized carbons (Fsp3) is 0.286. The fourth-order valence-electron chi connectivity index (χ4n) is 4.16. The van der Waals surface area contributed by atoms with Gasteiger partial charge in [-0.2, -0.15) is 13.2 Å². The average molecular weight is 631 g/mol. The molecule has 1 atom stereocenters. The summed E-state index contributed by atoms with van der Waals surface area (Å²) < 4.78 is 66.8. The van der Waals surface area contributed by atoms with E-state index in [0.29, 0.717) is 21.0 Å². The van der Waals surface area contributed by atoms with Crippen LogP contribution >= 0.6 is 23.2 Å². The number of rotatable bonds is 11. The van der Waals surface area contributed by atoms with Crippen LogP contribution in [0.4, 0.5) is 18.9 Å². The Hall–Kier alpha value is -3.28. The standard InChI is InChI=1S/C28H28Cl2F3N3O4S/c1-3-34-27(38)25(15-19-9-5-4-6-10-19)35(17-20-11-7-8-12-23(20)29)26(37)18-36(41(2,39)40)21-13-14-24(30)22(16-21)28(31,32)33/h4-14,16,25H,3,15,17-18H2,1-2H3,(H,34,38)/t25-/m0/s1. The molecule has 0 aliphatic rings. The number of carbonyl (C=O) groups excluding carboxylic acids is 2. The van der Waals surface area contributed by atoms with Crippen molar-refractivity contribution in [1.82, 2.24) is 10.2 Å². The zero-order valence-corrected chi connectivity index (χ0v) is 24.5. The molecule has 1 N–H and O–H groups in total. The third kappa shape index (κ3) is 8.61. The van der Waals surface area contributed by atoms with E-state index in [9.17, 15) is 31.2 Å². The number of nitrogens with one attached hydrogen (secondary N) is 1. The molecule has 220 valence electrons. The second-order valence-electron chi connectivity index (χ2n) is 9.14. The minimum Gasteiger partial charge on any atom is -0.355 e. The van der Waals surface area contributed by atoms with Crippen LogP contribution in [0.3, 0.4) is 0 Å². The summed E-state index contributed by atoms with van der Waals surface area (Å²) in [5.41, 5.74) is -0.447. The summed E-state index contributed by atoms with van der Waals surface area (Å²) in [5.74, 6) is -1.32. The van der Waals surface area contributed by atoms with Crippen molar-refractivity contribution in [3.8, 4) is 0 Å². The van der Waals surface area contributed by atoms with Crippen molar-refractivity contribution in [2.75, 3.05) is 23.7 Å². The molecule has 0 saturated heterocycles. The highest BCUT2D eigenvalue weighted by Crippen LogP contribution is 2.37. The van der Waals surface area contributed by atoms with Gasteiger partial charge in [-0.3, -0.25) is 13.9 Å². The maximum Gasteiger partial charge on any atom is 0.417 e. The molecule has 0 bridgehead atoms. The molecule has 0 heterocycles. The van der Waals surface area contributed by atoms with Crippen molar-refractivity contribution in [1.29, 1.82) is 0 Å². The summed E-state index contributed by atoms with van der Waals surface area (Å²) in [5, 5.41) is 2.40. The molecule has 0 saturated carbocycles. The lowest BCUT2D eigenvalue weighted by Crippen LogP contribution is -2.53. The Bertz CT molecular complexity index is 1490. The van der Waals surface area contributed by atoms with Gasteiger partial charge in [0, 0.05) is 24.5 Å². The smallest absolute Gasteiger partial charge is 0.355 e. The van der Waals surface area contributed by atoms with Crippen LogP contribution in [0.5, 0.6) is 0 Å². The van der Waals surface area contributed by atoms with Gasteiger partial charge in [-0.15, -0.1) is 0 Å². The van der Waals surface area contributed by atoms with E-state index in [1.165, 1.54) is 4.90 Å². The number of alkyl halides is 3. The molecule has 13 heteroatoms. The molecule has 3 rings (SSSR count). The summed E-state index contributed by atoms with van der Waals surface area (Å²) in [4.78, 5) is 28.4. The van der Waals surface area contributed by atoms with Gasteiger partial charge in [0.25, 0.3) is 0 Å². The summed E-state index contributed by atoms with van der Waals surface area (Å²) >= 11 is 12.1. The molecule has 0 radical (unpaired) electrons. The van der Waals surface area contributed by atoms with E-state index in [-0.39, 0.29) is 19.5 Å². The maximum absolute atomic E-state index is 13.9. The van der Waals surface area contributed by atoms with E-state index >= 15 is 0 Å². The Morgan fingerprint density at radius 3 is 2.17 bits per heavy atom. The van der Waals surface area contributed by atoms with Gasteiger partial charge in [0.15, 0.2) is 0 Å². The molecular formula is C28H28Cl2F3N3O4S.